The largest absolute Gasteiger partial charge is 0.478 e. The minimum absolute atomic E-state index is 0.106. The van der Waals surface area contributed by atoms with Crippen LogP contribution in [0.5, 0.6) is 5.75 Å². The van der Waals surface area contributed by atoms with Crippen molar-refractivity contribution in [3.05, 3.63) is 59.2 Å². The van der Waals surface area contributed by atoms with Gasteiger partial charge >= 0.3 is 0 Å². The van der Waals surface area contributed by atoms with Gasteiger partial charge in [0, 0.05) is 6.07 Å². The first-order valence-corrected chi connectivity index (χ1v) is 8.88. The Labute approximate surface area is 145 Å². The lowest BCUT2D eigenvalue weighted by Gasteiger charge is -2.08. The third-order valence-electron chi connectivity index (χ3n) is 3.30. The fourth-order valence-electron chi connectivity index (χ4n) is 2.03. The lowest BCUT2D eigenvalue weighted by atomic mass is 10.2. The summed E-state index contributed by atoms with van der Waals surface area (Å²) < 4.78 is 58.0. The van der Waals surface area contributed by atoms with Crippen LogP contribution in [-0.2, 0) is 10.0 Å². The molecule has 0 saturated carbocycles. The molecule has 2 aromatic rings. The van der Waals surface area contributed by atoms with Crippen molar-refractivity contribution in [1.29, 1.82) is 0 Å². The van der Waals surface area contributed by atoms with Crippen LogP contribution in [0.25, 0.3) is 0 Å². The summed E-state index contributed by atoms with van der Waals surface area (Å²) in [4.78, 5) is 0.207. The highest BCUT2D eigenvalue weighted by Crippen LogP contribution is 2.17. The molecule has 2 aromatic carbocycles. The standard InChI is InChI=1S/C18H17F2NO3S/c1-13-5-6-14(2)18(11-13)25(22,23)21-9-3-4-10-24-17-8-7-15(19)12-16(17)20/h5-8,11-12,21H,9-10H2,1-2H3. The Kier molecular flexibility index (Phi) is 6.12. The van der Waals surface area contributed by atoms with E-state index in [2.05, 4.69) is 16.6 Å². The van der Waals surface area contributed by atoms with Crippen molar-refractivity contribution < 1.29 is 21.9 Å². The molecule has 0 amide bonds. The quantitative estimate of drug-likeness (QED) is 0.829. The van der Waals surface area contributed by atoms with Crippen LogP contribution in [0.2, 0.25) is 0 Å². The molecule has 2 rings (SSSR count). The average molecular weight is 365 g/mol. The number of halogens is 2. The van der Waals surface area contributed by atoms with E-state index in [-0.39, 0.29) is 23.8 Å². The van der Waals surface area contributed by atoms with Crippen LogP contribution in [0.1, 0.15) is 11.1 Å². The maximum atomic E-state index is 13.3. The fraction of sp³-hybridized carbons (Fsp3) is 0.222. The molecular formula is C18H17F2NO3S. The molecule has 0 spiro atoms. The van der Waals surface area contributed by atoms with Gasteiger partial charge in [-0.2, -0.15) is 4.72 Å². The summed E-state index contributed by atoms with van der Waals surface area (Å²) in [5.41, 5.74) is 1.48. The minimum Gasteiger partial charge on any atom is -0.478 e. The van der Waals surface area contributed by atoms with Gasteiger partial charge in [-0.3, -0.25) is 0 Å². The molecule has 0 aliphatic carbocycles. The van der Waals surface area contributed by atoms with Crippen molar-refractivity contribution in [2.45, 2.75) is 18.7 Å². The van der Waals surface area contributed by atoms with E-state index in [1.165, 1.54) is 0 Å². The number of ether oxygens (including phenoxy) is 1. The normalized spacial score (nSPS) is 10.9. The number of aryl methyl sites for hydroxylation is 2. The highest BCUT2D eigenvalue weighted by atomic mass is 32.2. The van der Waals surface area contributed by atoms with Gasteiger partial charge in [-0.15, -0.1) is 0 Å². The number of rotatable bonds is 5. The van der Waals surface area contributed by atoms with Crippen molar-refractivity contribution in [3.63, 3.8) is 0 Å². The van der Waals surface area contributed by atoms with Gasteiger partial charge in [0.2, 0.25) is 10.0 Å². The minimum atomic E-state index is -3.66. The van der Waals surface area contributed by atoms with E-state index in [0.717, 1.165) is 17.7 Å². The molecule has 0 atom stereocenters. The molecule has 25 heavy (non-hydrogen) atoms. The number of nitrogens with one attached hydrogen (secondary N) is 1. The second kappa shape index (κ2) is 8.10. The molecule has 1 N–H and O–H groups in total. The SMILES string of the molecule is Cc1ccc(C)c(S(=O)(=O)NCC#CCOc2ccc(F)cc2F)c1. The molecular weight excluding hydrogens is 348 g/mol. The van der Waals surface area contributed by atoms with E-state index in [9.17, 15) is 17.2 Å². The van der Waals surface area contributed by atoms with Crippen LogP contribution < -0.4 is 9.46 Å². The highest BCUT2D eigenvalue weighted by molar-refractivity contribution is 7.89. The molecule has 0 aliphatic heterocycles. The third kappa shape index (κ3) is 5.28. The fourth-order valence-corrected chi connectivity index (χ4v) is 3.28. The summed E-state index contributed by atoms with van der Waals surface area (Å²) >= 11 is 0. The van der Waals surface area contributed by atoms with E-state index in [4.69, 9.17) is 4.74 Å². The Hall–Kier alpha value is -2.43. The van der Waals surface area contributed by atoms with Crippen LogP contribution in [0.3, 0.4) is 0 Å². The van der Waals surface area contributed by atoms with Crippen molar-refractivity contribution in [1.82, 2.24) is 4.72 Å². The predicted molar refractivity (Wildman–Crippen MR) is 90.7 cm³/mol. The third-order valence-corrected chi connectivity index (χ3v) is 4.85. The average Bonchev–Trinajstić information content (AvgIpc) is 2.54. The van der Waals surface area contributed by atoms with Crippen molar-refractivity contribution in [2.75, 3.05) is 13.2 Å². The Morgan fingerprint density at radius 2 is 1.84 bits per heavy atom. The summed E-state index contributed by atoms with van der Waals surface area (Å²) in [6.07, 6.45) is 0. The smallest absolute Gasteiger partial charge is 0.241 e. The van der Waals surface area contributed by atoms with Gasteiger partial charge in [0.05, 0.1) is 11.4 Å². The van der Waals surface area contributed by atoms with Crippen LogP contribution in [0.15, 0.2) is 41.3 Å². The maximum absolute atomic E-state index is 13.3. The van der Waals surface area contributed by atoms with Crippen LogP contribution in [0.4, 0.5) is 8.78 Å². The molecule has 132 valence electrons. The number of hydrogen-bond acceptors (Lipinski definition) is 3. The molecule has 7 heteroatoms. The summed E-state index contributed by atoms with van der Waals surface area (Å²) in [5, 5.41) is 0. The molecule has 0 aromatic heterocycles. The predicted octanol–water partition coefficient (Wildman–Crippen LogP) is 2.94. The molecule has 0 radical (unpaired) electrons. The summed E-state index contributed by atoms with van der Waals surface area (Å²) in [5.74, 6) is 3.51. The van der Waals surface area contributed by atoms with Gasteiger partial charge in [0.1, 0.15) is 12.4 Å². The lowest BCUT2D eigenvalue weighted by molar-refractivity contribution is 0.346. The van der Waals surface area contributed by atoms with E-state index >= 15 is 0 Å². The maximum Gasteiger partial charge on any atom is 0.241 e. The molecule has 0 bridgehead atoms. The Morgan fingerprint density at radius 1 is 1.08 bits per heavy atom. The lowest BCUT2D eigenvalue weighted by Crippen LogP contribution is -2.25. The molecule has 4 nitrogen and oxygen atoms in total. The number of hydrogen-bond donors (Lipinski definition) is 1. The first-order chi connectivity index (χ1) is 11.8. The van der Waals surface area contributed by atoms with Gasteiger partial charge < -0.3 is 4.74 Å². The summed E-state index contributed by atoms with van der Waals surface area (Å²) in [6.45, 7) is 3.27. The first kappa shape index (κ1) is 18.9. The monoisotopic (exact) mass is 365 g/mol. The Bertz CT molecular complexity index is 931. The van der Waals surface area contributed by atoms with E-state index in [1.807, 2.05) is 13.0 Å². The zero-order chi connectivity index (χ0) is 18.4. The summed E-state index contributed by atoms with van der Waals surface area (Å²) in [6, 6.07) is 8.10. The Balaban J connectivity index is 1.90. The first-order valence-electron chi connectivity index (χ1n) is 7.40. The van der Waals surface area contributed by atoms with Crippen molar-refractivity contribution in [2.24, 2.45) is 0 Å². The number of benzene rings is 2. The zero-order valence-corrected chi connectivity index (χ0v) is 14.6. The summed E-state index contributed by atoms with van der Waals surface area (Å²) in [7, 11) is -3.66. The van der Waals surface area contributed by atoms with Gasteiger partial charge in [-0.25, -0.2) is 17.2 Å². The van der Waals surface area contributed by atoms with Crippen LogP contribution in [-0.4, -0.2) is 21.6 Å². The zero-order valence-electron chi connectivity index (χ0n) is 13.8. The topological polar surface area (TPSA) is 55.4 Å². The van der Waals surface area contributed by atoms with Gasteiger partial charge in [-0.1, -0.05) is 24.0 Å². The van der Waals surface area contributed by atoms with Gasteiger partial charge in [0.15, 0.2) is 11.6 Å². The second-order valence-electron chi connectivity index (χ2n) is 5.31. The molecule has 0 saturated heterocycles. The van der Waals surface area contributed by atoms with Gasteiger partial charge in [0.25, 0.3) is 0 Å². The van der Waals surface area contributed by atoms with Crippen LogP contribution in [0, 0.1) is 37.3 Å². The van der Waals surface area contributed by atoms with E-state index < -0.39 is 21.7 Å². The van der Waals surface area contributed by atoms with Crippen molar-refractivity contribution >= 4 is 10.0 Å². The highest BCUT2D eigenvalue weighted by Gasteiger charge is 2.15. The van der Waals surface area contributed by atoms with E-state index in [1.54, 1.807) is 19.1 Å². The molecule has 0 unspecified atom stereocenters. The van der Waals surface area contributed by atoms with E-state index in [0.29, 0.717) is 11.6 Å². The van der Waals surface area contributed by atoms with Crippen molar-refractivity contribution in [3.8, 4) is 17.6 Å². The van der Waals surface area contributed by atoms with Gasteiger partial charge in [-0.05, 0) is 43.2 Å². The van der Waals surface area contributed by atoms with Crippen LogP contribution >= 0.6 is 0 Å². The molecule has 0 fully saturated rings. The second-order valence-corrected chi connectivity index (χ2v) is 7.05. The molecule has 0 heterocycles. The Morgan fingerprint density at radius 3 is 2.56 bits per heavy atom. The molecule has 0 aliphatic rings. The number of sulfonamides is 1.